The maximum atomic E-state index is 10.5. The molecule has 0 aromatic rings. The van der Waals surface area contributed by atoms with E-state index in [0.29, 0.717) is 13.0 Å². The molecule has 0 spiro atoms. The number of primary amides is 1. The molecule has 1 saturated carbocycles. The Balaban J connectivity index is 2.25. The molecule has 6 N–H and O–H groups in total. The van der Waals surface area contributed by atoms with Gasteiger partial charge in [0.1, 0.15) is 5.84 Å². The van der Waals surface area contributed by atoms with Gasteiger partial charge in [0, 0.05) is 13.0 Å². The molecule has 0 aliphatic heterocycles. The third-order valence-electron chi connectivity index (χ3n) is 2.44. The SMILES string of the molecule is NC(=O)CNCC1(CC(N)=NO)CC1. The molecule has 1 aliphatic carbocycles. The van der Waals surface area contributed by atoms with Crippen molar-refractivity contribution < 1.29 is 10.0 Å². The molecule has 0 aromatic heterocycles. The smallest absolute Gasteiger partial charge is 0.231 e. The zero-order chi connectivity index (χ0) is 10.6. The molecule has 6 nitrogen and oxygen atoms in total. The van der Waals surface area contributed by atoms with Gasteiger partial charge in [0.25, 0.3) is 0 Å². The summed E-state index contributed by atoms with van der Waals surface area (Å²) in [4.78, 5) is 10.5. The number of carbonyl (C=O) groups is 1. The molecule has 0 saturated heterocycles. The largest absolute Gasteiger partial charge is 0.409 e. The van der Waals surface area contributed by atoms with Crippen LogP contribution in [-0.2, 0) is 4.79 Å². The summed E-state index contributed by atoms with van der Waals surface area (Å²) in [6, 6.07) is 0. The fraction of sp³-hybridized carbons (Fsp3) is 0.750. The van der Waals surface area contributed by atoms with Gasteiger partial charge in [-0.25, -0.2) is 0 Å². The second kappa shape index (κ2) is 4.28. The molecule has 1 amide bonds. The number of nitrogens with one attached hydrogen (secondary N) is 1. The van der Waals surface area contributed by atoms with Crippen LogP contribution in [0, 0.1) is 5.41 Å². The molecule has 1 aliphatic rings. The number of nitrogens with two attached hydrogens (primary N) is 2. The zero-order valence-corrected chi connectivity index (χ0v) is 7.99. The quantitative estimate of drug-likeness (QED) is 0.190. The summed E-state index contributed by atoms with van der Waals surface area (Å²) in [6.07, 6.45) is 2.64. The van der Waals surface area contributed by atoms with Crippen LogP contribution in [0.2, 0.25) is 0 Å². The number of hydrogen-bond acceptors (Lipinski definition) is 4. The van der Waals surface area contributed by atoms with Crippen LogP contribution in [0.15, 0.2) is 5.16 Å². The maximum Gasteiger partial charge on any atom is 0.231 e. The molecule has 1 fully saturated rings. The van der Waals surface area contributed by atoms with E-state index in [9.17, 15) is 4.79 Å². The van der Waals surface area contributed by atoms with Gasteiger partial charge in [-0.3, -0.25) is 4.79 Å². The first-order valence-electron chi connectivity index (χ1n) is 4.53. The van der Waals surface area contributed by atoms with Gasteiger partial charge in [-0.15, -0.1) is 0 Å². The van der Waals surface area contributed by atoms with Gasteiger partial charge in [-0.05, 0) is 18.3 Å². The highest BCUT2D eigenvalue weighted by molar-refractivity contribution is 5.80. The molecule has 0 bridgehead atoms. The summed E-state index contributed by atoms with van der Waals surface area (Å²) in [5.74, 6) is -0.132. The summed E-state index contributed by atoms with van der Waals surface area (Å²) in [7, 11) is 0. The molecular formula is C8H16N4O2. The van der Waals surface area contributed by atoms with Gasteiger partial charge in [0.15, 0.2) is 0 Å². The predicted molar refractivity (Wildman–Crippen MR) is 51.8 cm³/mol. The van der Waals surface area contributed by atoms with Crippen molar-refractivity contribution in [2.75, 3.05) is 13.1 Å². The third kappa shape index (κ3) is 3.21. The molecular weight excluding hydrogens is 184 g/mol. The van der Waals surface area contributed by atoms with Gasteiger partial charge < -0.3 is 22.0 Å². The van der Waals surface area contributed by atoms with Gasteiger partial charge in [-0.2, -0.15) is 0 Å². The fourth-order valence-corrected chi connectivity index (χ4v) is 1.46. The summed E-state index contributed by atoms with van der Waals surface area (Å²) in [5.41, 5.74) is 10.5. The standard InChI is InChI=1S/C8H16N4O2/c9-6(12-14)3-8(1-2-8)5-11-4-7(10)13/h11,14H,1-5H2,(H2,9,12)(H2,10,13). The van der Waals surface area contributed by atoms with Gasteiger partial charge in [0.05, 0.1) is 6.54 Å². The summed E-state index contributed by atoms with van der Waals surface area (Å²) in [6.45, 7) is 0.865. The molecule has 80 valence electrons. The lowest BCUT2D eigenvalue weighted by atomic mass is 10.0. The van der Waals surface area contributed by atoms with Crippen LogP contribution in [-0.4, -0.2) is 30.0 Å². The number of nitrogens with zero attached hydrogens (tertiary/aromatic N) is 1. The van der Waals surface area contributed by atoms with Crippen molar-refractivity contribution in [3.63, 3.8) is 0 Å². The van der Waals surface area contributed by atoms with Crippen molar-refractivity contribution in [2.45, 2.75) is 19.3 Å². The van der Waals surface area contributed by atoms with Crippen LogP contribution < -0.4 is 16.8 Å². The second-order valence-corrected chi connectivity index (χ2v) is 3.84. The van der Waals surface area contributed by atoms with Crippen molar-refractivity contribution in [3.8, 4) is 0 Å². The van der Waals surface area contributed by atoms with E-state index < -0.39 is 0 Å². The predicted octanol–water partition coefficient (Wildman–Crippen LogP) is -1.02. The number of rotatable bonds is 6. The van der Waals surface area contributed by atoms with Crippen LogP contribution in [0.3, 0.4) is 0 Å². The van der Waals surface area contributed by atoms with Crippen molar-refractivity contribution >= 4 is 11.7 Å². The minimum absolute atomic E-state index is 0.0752. The van der Waals surface area contributed by atoms with Crippen LogP contribution in [0.5, 0.6) is 0 Å². The van der Waals surface area contributed by atoms with Crippen molar-refractivity contribution in [1.82, 2.24) is 5.32 Å². The minimum atomic E-state index is -0.371. The van der Waals surface area contributed by atoms with Crippen LogP contribution in [0.1, 0.15) is 19.3 Å². The minimum Gasteiger partial charge on any atom is -0.409 e. The van der Waals surface area contributed by atoms with Gasteiger partial charge in [-0.1, -0.05) is 5.16 Å². The average Bonchev–Trinajstić information content (AvgIpc) is 2.84. The first-order chi connectivity index (χ1) is 6.58. The Morgan fingerprint density at radius 3 is 2.57 bits per heavy atom. The lowest BCUT2D eigenvalue weighted by Gasteiger charge is -2.13. The number of amidine groups is 1. The Hall–Kier alpha value is -1.30. The maximum absolute atomic E-state index is 10.5. The normalized spacial score (nSPS) is 19.3. The third-order valence-corrected chi connectivity index (χ3v) is 2.44. The van der Waals surface area contributed by atoms with E-state index in [1.54, 1.807) is 0 Å². The molecule has 14 heavy (non-hydrogen) atoms. The molecule has 1 rings (SSSR count). The molecule has 0 unspecified atom stereocenters. The highest BCUT2D eigenvalue weighted by atomic mass is 16.4. The van der Waals surface area contributed by atoms with Crippen molar-refractivity contribution in [3.05, 3.63) is 0 Å². The zero-order valence-electron chi connectivity index (χ0n) is 7.99. The highest BCUT2D eigenvalue weighted by Crippen LogP contribution is 2.48. The fourth-order valence-electron chi connectivity index (χ4n) is 1.46. The summed E-state index contributed by atoms with van der Waals surface area (Å²) >= 11 is 0. The summed E-state index contributed by atoms with van der Waals surface area (Å²) in [5, 5.41) is 14.3. The Morgan fingerprint density at radius 1 is 1.50 bits per heavy atom. The van der Waals surface area contributed by atoms with E-state index in [4.69, 9.17) is 16.7 Å². The molecule has 0 atom stereocenters. The number of oxime groups is 1. The Bertz CT molecular complexity index is 248. The first-order valence-corrected chi connectivity index (χ1v) is 4.53. The number of carbonyl (C=O) groups excluding carboxylic acids is 1. The Labute approximate surface area is 82.3 Å². The topological polar surface area (TPSA) is 114 Å². The van der Waals surface area contributed by atoms with Crippen molar-refractivity contribution in [2.24, 2.45) is 22.0 Å². The van der Waals surface area contributed by atoms with E-state index >= 15 is 0 Å². The average molecular weight is 200 g/mol. The lowest BCUT2D eigenvalue weighted by molar-refractivity contribution is -0.117. The highest BCUT2D eigenvalue weighted by Gasteiger charge is 2.42. The molecule has 0 heterocycles. The van der Waals surface area contributed by atoms with E-state index in [1.165, 1.54) is 0 Å². The van der Waals surface area contributed by atoms with Gasteiger partial charge >= 0.3 is 0 Å². The number of amides is 1. The van der Waals surface area contributed by atoms with Crippen LogP contribution in [0.4, 0.5) is 0 Å². The first kappa shape index (κ1) is 10.8. The summed E-state index contributed by atoms with van der Waals surface area (Å²) < 4.78 is 0. The second-order valence-electron chi connectivity index (χ2n) is 3.84. The molecule has 0 aromatic carbocycles. The Morgan fingerprint density at radius 2 is 2.14 bits per heavy atom. The molecule has 6 heteroatoms. The van der Waals surface area contributed by atoms with E-state index in [1.807, 2.05) is 0 Å². The van der Waals surface area contributed by atoms with Gasteiger partial charge in [0.2, 0.25) is 5.91 Å². The van der Waals surface area contributed by atoms with E-state index in [0.717, 1.165) is 12.8 Å². The lowest BCUT2D eigenvalue weighted by Crippen LogP contribution is -2.34. The monoisotopic (exact) mass is 200 g/mol. The van der Waals surface area contributed by atoms with Crippen molar-refractivity contribution in [1.29, 1.82) is 0 Å². The van der Waals surface area contributed by atoms with E-state index in [2.05, 4.69) is 10.5 Å². The Kier molecular flexibility index (Phi) is 3.29. The van der Waals surface area contributed by atoms with Crippen LogP contribution >= 0.6 is 0 Å². The number of hydrogen-bond donors (Lipinski definition) is 4. The molecule has 0 radical (unpaired) electrons. The van der Waals surface area contributed by atoms with E-state index in [-0.39, 0.29) is 23.7 Å². The van der Waals surface area contributed by atoms with Crippen LogP contribution in [0.25, 0.3) is 0 Å².